The Morgan fingerprint density at radius 3 is 2.96 bits per heavy atom. The molecule has 0 saturated carbocycles. The van der Waals surface area contributed by atoms with Crippen LogP contribution in [-0.4, -0.2) is 44.8 Å². The van der Waals surface area contributed by atoms with E-state index in [1.165, 1.54) is 5.69 Å². The van der Waals surface area contributed by atoms with Crippen LogP contribution in [0.5, 0.6) is 0 Å². The smallest absolute Gasteiger partial charge is 0.272 e. The van der Waals surface area contributed by atoms with Crippen molar-refractivity contribution in [3.8, 4) is 0 Å². The standard InChI is InChI=1S/C18H21N5O/c1-21-11-13-6-5-9-23(13)12-14(21)10-19-18(24)17-15-7-3-4-8-16(15)22(2)20-17/h3-9,14H,10-12H2,1-2H3,(H,19,24). The van der Waals surface area contributed by atoms with Crippen LogP contribution < -0.4 is 5.32 Å². The number of nitrogens with zero attached hydrogens (tertiary/aromatic N) is 4. The molecule has 6 nitrogen and oxygen atoms in total. The summed E-state index contributed by atoms with van der Waals surface area (Å²) in [5, 5.41) is 8.33. The van der Waals surface area contributed by atoms with Crippen molar-refractivity contribution in [2.75, 3.05) is 13.6 Å². The summed E-state index contributed by atoms with van der Waals surface area (Å²) >= 11 is 0. The van der Waals surface area contributed by atoms with Crippen LogP contribution in [0, 0.1) is 0 Å². The predicted molar refractivity (Wildman–Crippen MR) is 92.7 cm³/mol. The van der Waals surface area contributed by atoms with Gasteiger partial charge >= 0.3 is 0 Å². The Kier molecular flexibility index (Phi) is 3.61. The molecule has 0 saturated heterocycles. The van der Waals surface area contributed by atoms with Crippen molar-refractivity contribution in [2.24, 2.45) is 7.05 Å². The zero-order chi connectivity index (χ0) is 16.7. The summed E-state index contributed by atoms with van der Waals surface area (Å²) in [6, 6.07) is 12.3. The number of fused-ring (bicyclic) bond motifs is 2. The van der Waals surface area contributed by atoms with Crippen molar-refractivity contribution in [1.29, 1.82) is 0 Å². The molecule has 1 aromatic carbocycles. The Balaban J connectivity index is 1.49. The monoisotopic (exact) mass is 323 g/mol. The van der Waals surface area contributed by atoms with Gasteiger partial charge in [0.15, 0.2) is 5.69 Å². The van der Waals surface area contributed by atoms with E-state index in [0.717, 1.165) is 24.0 Å². The van der Waals surface area contributed by atoms with Gasteiger partial charge in [-0.2, -0.15) is 5.10 Å². The quantitative estimate of drug-likeness (QED) is 0.797. The van der Waals surface area contributed by atoms with Crippen LogP contribution in [0.2, 0.25) is 0 Å². The van der Waals surface area contributed by atoms with E-state index in [1.54, 1.807) is 4.68 Å². The number of rotatable bonds is 3. The molecule has 0 fully saturated rings. The SMILES string of the molecule is CN1Cc2cccn2CC1CNC(=O)c1nn(C)c2ccccc12. The number of aromatic nitrogens is 3. The third kappa shape index (κ3) is 2.49. The summed E-state index contributed by atoms with van der Waals surface area (Å²) in [5.74, 6) is -0.112. The van der Waals surface area contributed by atoms with Gasteiger partial charge in [0.25, 0.3) is 5.91 Å². The molecular weight excluding hydrogens is 302 g/mol. The van der Waals surface area contributed by atoms with Gasteiger partial charge in [-0.3, -0.25) is 14.4 Å². The zero-order valence-corrected chi connectivity index (χ0v) is 13.9. The van der Waals surface area contributed by atoms with Crippen molar-refractivity contribution in [2.45, 2.75) is 19.1 Å². The third-order valence-corrected chi connectivity index (χ3v) is 4.84. The first-order chi connectivity index (χ1) is 11.6. The molecule has 0 aliphatic carbocycles. The molecule has 4 rings (SSSR count). The van der Waals surface area contributed by atoms with E-state index >= 15 is 0 Å². The molecule has 0 spiro atoms. The van der Waals surface area contributed by atoms with Crippen molar-refractivity contribution in [1.82, 2.24) is 24.6 Å². The number of hydrogen-bond donors (Lipinski definition) is 1. The molecule has 1 unspecified atom stereocenters. The maximum Gasteiger partial charge on any atom is 0.272 e. The van der Waals surface area contributed by atoms with E-state index in [9.17, 15) is 4.79 Å². The number of amides is 1. The molecule has 3 heterocycles. The van der Waals surface area contributed by atoms with Gasteiger partial charge in [0.1, 0.15) is 0 Å². The maximum absolute atomic E-state index is 12.6. The van der Waals surface area contributed by atoms with Gasteiger partial charge in [-0.15, -0.1) is 0 Å². The number of likely N-dealkylation sites (N-methyl/N-ethyl adjacent to an activating group) is 1. The molecule has 0 radical (unpaired) electrons. The molecular formula is C18H21N5O. The van der Waals surface area contributed by atoms with E-state index in [1.807, 2.05) is 31.3 Å². The summed E-state index contributed by atoms with van der Waals surface area (Å²) < 4.78 is 4.01. The number of aryl methyl sites for hydroxylation is 1. The normalized spacial score (nSPS) is 17.8. The number of hydrogen-bond acceptors (Lipinski definition) is 3. The van der Waals surface area contributed by atoms with Gasteiger partial charge < -0.3 is 9.88 Å². The Morgan fingerprint density at radius 1 is 1.25 bits per heavy atom. The number of carbonyl (C=O) groups excluding carboxylic acids is 1. The second-order valence-corrected chi connectivity index (χ2v) is 6.42. The molecule has 1 atom stereocenters. The average molecular weight is 323 g/mol. The Bertz CT molecular complexity index is 894. The van der Waals surface area contributed by atoms with Crippen LogP contribution in [0.4, 0.5) is 0 Å². The predicted octanol–water partition coefficient (Wildman–Crippen LogP) is 1.62. The Hall–Kier alpha value is -2.60. The van der Waals surface area contributed by atoms with Gasteiger partial charge in [-0.25, -0.2) is 0 Å². The summed E-state index contributed by atoms with van der Waals surface area (Å²) in [6.45, 7) is 2.40. The molecule has 2 aromatic heterocycles. The van der Waals surface area contributed by atoms with Crippen molar-refractivity contribution in [3.05, 3.63) is 54.0 Å². The molecule has 0 bridgehead atoms. The zero-order valence-electron chi connectivity index (χ0n) is 13.9. The van der Waals surface area contributed by atoms with Crippen molar-refractivity contribution >= 4 is 16.8 Å². The summed E-state index contributed by atoms with van der Waals surface area (Å²) in [6.07, 6.45) is 2.10. The number of carbonyl (C=O) groups is 1. The summed E-state index contributed by atoms with van der Waals surface area (Å²) in [4.78, 5) is 14.9. The summed E-state index contributed by atoms with van der Waals surface area (Å²) in [5.41, 5.74) is 2.78. The van der Waals surface area contributed by atoms with Crippen molar-refractivity contribution < 1.29 is 4.79 Å². The minimum Gasteiger partial charge on any atom is -0.349 e. The molecule has 124 valence electrons. The summed E-state index contributed by atoms with van der Waals surface area (Å²) in [7, 11) is 3.96. The third-order valence-electron chi connectivity index (χ3n) is 4.84. The van der Waals surface area contributed by atoms with Crippen LogP contribution in [0.25, 0.3) is 10.9 Å². The Morgan fingerprint density at radius 2 is 2.08 bits per heavy atom. The minimum atomic E-state index is -0.112. The van der Waals surface area contributed by atoms with Gasteiger partial charge in [0.05, 0.1) is 5.52 Å². The molecule has 1 aliphatic rings. The first kappa shape index (κ1) is 15.0. The number of nitrogens with one attached hydrogen (secondary N) is 1. The second-order valence-electron chi connectivity index (χ2n) is 6.42. The highest BCUT2D eigenvalue weighted by molar-refractivity contribution is 6.04. The molecule has 3 aromatic rings. The minimum absolute atomic E-state index is 0.112. The highest BCUT2D eigenvalue weighted by Gasteiger charge is 2.24. The van der Waals surface area contributed by atoms with Crippen LogP contribution in [0.15, 0.2) is 42.6 Å². The van der Waals surface area contributed by atoms with Crippen LogP contribution in [0.1, 0.15) is 16.2 Å². The largest absolute Gasteiger partial charge is 0.349 e. The van der Waals surface area contributed by atoms with E-state index < -0.39 is 0 Å². The van der Waals surface area contributed by atoms with Gasteiger partial charge in [0.2, 0.25) is 0 Å². The fourth-order valence-corrected chi connectivity index (χ4v) is 3.42. The van der Waals surface area contributed by atoms with E-state index in [-0.39, 0.29) is 11.9 Å². The number of benzene rings is 1. The topological polar surface area (TPSA) is 55.1 Å². The molecule has 6 heteroatoms. The molecule has 24 heavy (non-hydrogen) atoms. The molecule has 1 amide bonds. The first-order valence-electron chi connectivity index (χ1n) is 8.17. The van der Waals surface area contributed by atoms with Gasteiger partial charge in [-0.05, 0) is 25.2 Å². The first-order valence-corrected chi connectivity index (χ1v) is 8.17. The Labute approximate surface area is 140 Å². The van der Waals surface area contributed by atoms with Crippen LogP contribution >= 0.6 is 0 Å². The maximum atomic E-state index is 12.6. The fraction of sp³-hybridized carbons (Fsp3) is 0.333. The fourth-order valence-electron chi connectivity index (χ4n) is 3.42. The van der Waals surface area contributed by atoms with Gasteiger partial charge in [0, 0.05) is 50.0 Å². The lowest BCUT2D eigenvalue weighted by molar-refractivity contribution is 0.0921. The highest BCUT2D eigenvalue weighted by atomic mass is 16.2. The average Bonchev–Trinajstić information content (AvgIpc) is 3.17. The van der Waals surface area contributed by atoms with Gasteiger partial charge in [-0.1, -0.05) is 18.2 Å². The van der Waals surface area contributed by atoms with Crippen LogP contribution in [0.3, 0.4) is 0 Å². The lowest BCUT2D eigenvalue weighted by atomic mass is 10.1. The molecule has 1 aliphatic heterocycles. The van der Waals surface area contributed by atoms with E-state index in [0.29, 0.717) is 12.2 Å². The number of para-hydroxylation sites is 1. The highest BCUT2D eigenvalue weighted by Crippen LogP contribution is 2.18. The lowest BCUT2D eigenvalue weighted by Crippen LogP contribution is -2.47. The second kappa shape index (κ2) is 5.79. The molecule has 1 N–H and O–H groups in total. The lowest BCUT2D eigenvalue weighted by Gasteiger charge is -2.34. The van der Waals surface area contributed by atoms with E-state index in [4.69, 9.17) is 0 Å². The van der Waals surface area contributed by atoms with E-state index in [2.05, 4.69) is 45.3 Å². The van der Waals surface area contributed by atoms with Crippen LogP contribution in [-0.2, 0) is 20.1 Å². The van der Waals surface area contributed by atoms with Crippen molar-refractivity contribution in [3.63, 3.8) is 0 Å².